The molecule has 0 spiro atoms. The van der Waals surface area contributed by atoms with Crippen molar-refractivity contribution in [1.82, 2.24) is 9.71 Å². The van der Waals surface area contributed by atoms with Crippen LogP contribution < -0.4 is 4.72 Å². The summed E-state index contributed by atoms with van der Waals surface area (Å²) in [6.07, 6.45) is 0.651. The van der Waals surface area contributed by atoms with E-state index < -0.39 is 10.0 Å². The first-order valence-electron chi connectivity index (χ1n) is 8.95. The van der Waals surface area contributed by atoms with Crippen LogP contribution in [0, 0.1) is 13.8 Å². The molecule has 5 heteroatoms. The predicted octanol–water partition coefficient (Wildman–Crippen LogP) is 4.43. The van der Waals surface area contributed by atoms with Gasteiger partial charge >= 0.3 is 0 Å². The third-order valence-corrected chi connectivity index (χ3v) is 6.28. The van der Waals surface area contributed by atoms with Gasteiger partial charge in [0, 0.05) is 23.1 Å². The molecule has 0 atom stereocenters. The summed E-state index contributed by atoms with van der Waals surface area (Å²) in [6, 6.07) is 13.4. The minimum atomic E-state index is -3.49. The van der Waals surface area contributed by atoms with Crippen molar-refractivity contribution in [2.45, 2.75) is 44.9 Å². The van der Waals surface area contributed by atoms with E-state index in [4.69, 9.17) is 0 Å². The Hall–Kier alpha value is -2.11. The van der Waals surface area contributed by atoms with Gasteiger partial charge in [-0.2, -0.15) is 0 Å². The Morgan fingerprint density at radius 3 is 2.38 bits per heavy atom. The van der Waals surface area contributed by atoms with E-state index in [2.05, 4.69) is 48.7 Å². The molecule has 0 unspecified atom stereocenters. The zero-order valence-electron chi connectivity index (χ0n) is 15.8. The molecule has 0 aliphatic rings. The fourth-order valence-corrected chi connectivity index (χ4v) is 4.28. The van der Waals surface area contributed by atoms with E-state index in [0.717, 1.165) is 16.8 Å². The first kappa shape index (κ1) is 18.7. The molecule has 0 fully saturated rings. The van der Waals surface area contributed by atoms with Crippen LogP contribution in [0.1, 0.15) is 42.1 Å². The van der Waals surface area contributed by atoms with Crippen molar-refractivity contribution in [2.24, 2.45) is 0 Å². The van der Waals surface area contributed by atoms with Gasteiger partial charge in [0.1, 0.15) is 0 Å². The van der Waals surface area contributed by atoms with Crippen molar-refractivity contribution < 1.29 is 8.42 Å². The van der Waals surface area contributed by atoms with Crippen LogP contribution in [0.3, 0.4) is 0 Å². The van der Waals surface area contributed by atoms with Crippen LogP contribution in [-0.4, -0.2) is 19.9 Å². The zero-order chi connectivity index (χ0) is 18.9. The Balaban J connectivity index is 1.73. The topological polar surface area (TPSA) is 62.0 Å². The average Bonchev–Trinajstić information content (AvgIpc) is 2.90. The fourth-order valence-electron chi connectivity index (χ4n) is 3.24. The molecule has 0 radical (unpaired) electrons. The van der Waals surface area contributed by atoms with Crippen LogP contribution in [0.25, 0.3) is 10.9 Å². The maximum Gasteiger partial charge on any atom is 0.240 e. The highest BCUT2D eigenvalue weighted by molar-refractivity contribution is 7.89. The Bertz CT molecular complexity index is 1020. The highest BCUT2D eigenvalue weighted by atomic mass is 32.2. The Morgan fingerprint density at radius 2 is 1.73 bits per heavy atom. The molecule has 0 amide bonds. The summed E-state index contributed by atoms with van der Waals surface area (Å²) in [5, 5.41) is 1.17. The lowest BCUT2D eigenvalue weighted by Crippen LogP contribution is -2.26. The third-order valence-electron chi connectivity index (χ3n) is 4.80. The molecule has 2 N–H and O–H groups in total. The van der Waals surface area contributed by atoms with Gasteiger partial charge in [0.15, 0.2) is 0 Å². The number of aryl methyl sites for hydroxylation is 2. The van der Waals surface area contributed by atoms with Crippen LogP contribution in [0.15, 0.2) is 47.4 Å². The van der Waals surface area contributed by atoms with Gasteiger partial charge in [-0.3, -0.25) is 0 Å². The second kappa shape index (κ2) is 7.25. The maximum atomic E-state index is 12.5. The van der Waals surface area contributed by atoms with Gasteiger partial charge in [-0.05, 0) is 61.6 Å². The molecule has 1 aromatic heterocycles. The van der Waals surface area contributed by atoms with Gasteiger partial charge in [-0.1, -0.05) is 37.6 Å². The highest BCUT2D eigenvalue weighted by Crippen LogP contribution is 2.24. The van der Waals surface area contributed by atoms with Gasteiger partial charge < -0.3 is 4.98 Å². The van der Waals surface area contributed by atoms with E-state index in [1.807, 2.05) is 19.1 Å². The summed E-state index contributed by atoms with van der Waals surface area (Å²) in [5.74, 6) is 0.382. The van der Waals surface area contributed by atoms with Crippen molar-refractivity contribution in [2.75, 3.05) is 6.54 Å². The Morgan fingerprint density at radius 1 is 1.04 bits per heavy atom. The number of hydrogen-bond acceptors (Lipinski definition) is 2. The molecule has 0 aliphatic heterocycles. The van der Waals surface area contributed by atoms with E-state index in [0.29, 0.717) is 23.8 Å². The molecule has 0 saturated carbocycles. The molecule has 26 heavy (non-hydrogen) atoms. The largest absolute Gasteiger partial charge is 0.358 e. The first-order valence-corrected chi connectivity index (χ1v) is 10.4. The standard InChI is InChI=1S/C21H26N2O2S/c1-14(2)17-6-8-18(9-7-17)26(24,25)22-12-11-19-16(4)23-21-10-5-15(3)13-20(19)21/h5-10,13-14,22-23H,11-12H2,1-4H3. The van der Waals surface area contributed by atoms with Crippen LogP contribution in [-0.2, 0) is 16.4 Å². The smallest absolute Gasteiger partial charge is 0.240 e. The first-order chi connectivity index (χ1) is 12.3. The lowest BCUT2D eigenvalue weighted by Gasteiger charge is -2.09. The molecule has 4 nitrogen and oxygen atoms in total. The molecular formula is C21H26N2O2S. The van der Waals surface area contributed by atoms with Crippen molar-refractivity contribution in [1.29, 1.82) is 0 Å². The van der Waals surface area contributed by atoms with Crippen LogP contribution in [0.5, 0.6) is 0 Å². The molecular weight excluding hydrogens is 344 g/mol. The van der Waals surface area contributed by atoms with E-state index in [1.54, 1.807) is 12.1 Å². The van der Waals surface area contributed by atoms with E-state index in [1.165, 1.54) is 16.5 Å². The number of benzene rings is 2. The van der Waals surface area contributed by atoms with Crippen molar-refractivity contribution in [3.63, 3.8) is 0 Å². The van der Waals surface area contributed by atoms with E-state index >= 15 is 0 Å². The lowest BCUT2D eigenvalue weighted by molar-refractivity contribution is 0.581. The van der Waals surface area contributed by atoms with Crippen molar-refractivity contribution in [3.05, 3.63) is 64.8 Å². The second-order valence-electron chi connectivity index (χ2n) is 7.15. The summed E-state index contributed by atoms with van der Waals surface area (Å²) in [6.45, 7) is 8.65. The van der Waals surface area contributed by atoms with Gasteiger partial charge in [0.05, 0.1) is 4.90 Å². The molecule has 0 saturated heterocycles. The number of aromatic nitrogens is 1. The Labute approximate surface area is 155 Å². The number of H-pyrrole nitrogens is 1. The molecule has 3 aromatic rings. The number of nitrogens with one attached hydrogen (secondary N) is 2. The number of fused-ring (bicyclic) bond motifs is 1. The SMILES string of the molecule is Cc1ccc2[nH]c(C)c(CCNS(=O)(=O)c3ccc(C(C)C)cc3)c2c1. The number of sulfonamides is 1. The van der Waals surface area contributed by atoms with Crippen LogP contribution in [0.2, 0.25) is 0 Å². The summed E-state index contributed by atoms with van der Waals surface area (Å²) >= 11 is 0. The number of aromatic amines is 1. The maximum absolute atomic E-state index is 12.5. The van der Waals surface area contributed by atoms with E-state index in [9.17, 15) is 8.42 Å². The monoisotopic (exact) mass is 370 g/mol. The average molecular weight is 371 g/mol. The number of hydrogen-bond donors (Lipinski definition) is 2. The van der Waals surface area contributed by atoms with E-state index in [-0.39, 0.29) is 0 Å². The predicted molar refractivity (Wildman–Crippen MR) is 107 cm³/mol. The summed E-state index contributed by atoms with van der Waals surface area (Å²) in [5.41, 5.74) is 5.68. The van der Waals surface area contributed by atoms with Crippen molar-refractivity contribution >= 4 is 20.9 Å². The summed E-state index contributed by atoms with van der Waals surface area (Å²) in [4.78, 5) is 3.69. The van der Waals surface area contributed by atoms with Gasteiger partial charge in [-0.25, -0.2) is 13.1 Å². The molecule has 3 rings (SSSR count). The third kappa shape index (κ3) is 3.84. The summed E-state index contributed by atoms with van der Waals surface area (Å²) in [7, 11) is -3.49. The minimum Gasteiger partial charge on any atom is -0.358 e. The van der Waals surface area contributed by atoms with Crippen LogP contribution in [0.4, 0.5) is 0 Å². The second-order valence-corrected chi connectivity index (χ2v) is 8.92. The summed E-state index contributed by atoms with van der Waals surface area (Å²) < 4.78 is 27.8. The van der Waals surface area contributed by atoms with Crippen LogP contribution >= 0.6 is 0 Å². The highest BCUT2D eigenvalue weighted by Gasteiger charge is 2.15. The molecule has 0 aliphatic carbocycles. The van der Waals surface area contributed by atoms with Gasteiger partial charge in [0.2, 0.25) is 10.0 Å². The zero-order valence-corrected chi connectivity index (χ0v) is 16.6. The van der Waals surface area contributed by atoms with Gasteiger partial charge in [-0.15, -0.1) is 0 Å². The lowest BCUT2D eigenvalue weighted by atomic mass is 10.0. The van der Waals surface area contributed by atoms with Gasteiger partial charge in [0.25, 0.3) is 0 Å². The molecule has 2 aromatic carbocycles. The molecule has 138 valence electrons. The molecule has 1 heterocycles. The normalized spacial score (nSPS) is 12.2. The number of rotatable bonds is 6. The van der Waals surface area contributed by atoms with Crippen molar-refractivity contribution in [3.8, 4) is 0 Å². The fraction of sp³-hybridized carbons (Fsp3) is 0.333. The molecule has 0 bridgehead atoms. The minimum absolute atomic E-state index is 0.313. The Kier molecular flexibility index (Phi) is 5.21. The quantitative estimate of drug-likeness (QED) is 0.674.